The molecule has 98 valence electrons. The first-order valence-corrected chi connectivity index (χ1v) is 6.86. The van der Waals surface area contributed by atoms with Gasteiger partial charge in [0, 0.05) is 12.0 Å². The van der Waals surface area contributed by atoms with E-state index in [4.69, 9.17) is 5.11 Å². The third-order valence-electron chi connectivity index (χ3n) is 4.78. The number of aliphatic carboxylic acids is 1. The van der Waals surface area contributed by atoms with Crippen LogP contribution in [-0.2, 0) is 9.59 Å². The first-order chi connectivity index (χ1) is 8.65. The average molecular weight is 249 g/mol. The smallest absolute Gasteiger partial charge is 0.308 e. The fourth-order valence-electron chi connectivity index (χ4n) is 3.80. The van der Waals surface area contributed by atoms with E-state index in [0.717, 1.165) is 25.7 Å². The predicted molar refractivity (Wildman–Crippen MR) is 65.8 cm³/mol. The molecule has 3 aliphatic carbocycles. The van der Waals surface area contributed by atoms with E-state index in [1.54, 1.807) is 0 Å². The molecule has 2 fully saturated rings. The maximum atomic E-state index is 12.2. The number of carboxylic acid groups (broad SMARTS) is 1. The van der Waals surface area contributed by atoms with Gasteiger partial charge in [0.15, 0.2) is 0 Å². The highest BCUT2D eigenvalue weighted by molar-refractivity contribution is 5.81. The topological polar surface area (TPSA) is 66.4 Å². The summed E-state index contributed by atoms with van der Waals surface area (Å²) in [6.45, 7) is 0. The van der Waals surface area contributed by atoms with Crippen molar-refractivity contribution < 1.29 is 14.7 Å². The summed E-state index contributed by atoms with van der Waals surface area (Å²) in [5, 5.41) is 12.1. The zero-order valence-corrected chi connectivity index (χ0v) is 10.3. The van der Waals surface area contributed by atoms with Crippen LogP contribution in [0, 0.1) is 23.7 Å². The highest BCUT2D eigenvalue weighted by Crippen LogP contribution is 2.43. The lowest BCUT2D eigenvalue weighted by atomic mass is 9.92. The normalized spacial score (nSPS) is 41.2. The first kappa shape index (κ1) is 11.8. The van der Waals surface area contributed by atoms with Crippen molar-refractivity contribution in [3.8, 4) is 0 Å². The van der Waals surface area contributed by atoms with E-state index >= 15 is 0 Å². The molecule has 18 heavy (non-hydrogen) atoms. The highest BCUT2D eigenvalue weighted by atomic mass is 16.4. The molecule has 0 aromatic carbocycles. The van der Waals surface area contributed by atoms with E-state index in [1.165, 1.54) is 0 Å². The lowest BCUT2D eigenvalue weighted by Crippen LogP contribution is -2.43. The van der Waals surface area contributed by atoms with Crippen molar-refractivity contribution in [3.63, 3.8) is 0 Å². The molecule has 2 saturated carbocycles. The molecular formula is C14H19NO3. The molecule has 1 amide bonds. The minimum absolute atomic E-state index is 0.0741. The Labute approximate surface area is 106 Å². The summed E-state index contributed by atoms with van der Waals surface area (Å²) in [5.74, 6) is -0.0435. The van der Waals surface area contributed by atoms with Crippen LogP contribution in [0.25, 0.3) is 0 Å². The number of carboxylic acids is 1. The van der Waals surface area contributed by atoms with E-state index in [9.17, 15) is 9.59 Å². The van der Waals surface area contributed by atoms with Crippen molar-refractivity contribution in [1.29, 1.82) is 0 Å². The Hall–Kier alpha value is -1.32. The molecule has 5 atom stereocenters. The van der Waals surface area contributed by atoms with Gasteiger partial charge in [-0.05, 0) is 37.5 Å². The molecule has 0 aliphatic heterocycles. The minimum Gasteiger partial charge on any atom is -0.481 e. The van der Waals surface area contributed by atoms with Gasteiger partial charge in [0.1, 0.15) is 0 Å². The van der Waals surface area contributed by atoms with E-state index in [2.05, 4.69) is 17.5 Å². The van der Waals surface area contributed by atoms with Crippen LogP contribution < -0.4 is 5.32 Å². The average Bonchev–Trinajstić information content (AvgIpc) is 3.03. The van der Waals surface area contributed by atoms with Crippen molar-refractivity contribution in [1.82, 2.24) is 5.32 Å². The number of hydrogen-bond donors (Lipinski definition) is 2. The third-order valence-corrected chi connectivity index (χ3v) is 4.78. The van der Waals surface area contributed by atoms with Gasteiger partial charge in [-0.15, -0.1) is 0 Å². The fourth-order valence-corrected chi connectivity index (χ4v) is 3.80. The maximum absolute atomic E-state index is 12.2. The lowest BCUT2D eigenvalue weighted by molar-refractivity contribution is -0.142. The number of allylic oxidation sites excluding steroid dienone is 2. The van der Waals surface area contributed by atoms with E-state index in [-0.39, 0.29) is 23.8 Å². The molecule has 0 heterocycles. The molecule has 4 heteroatoms. The van der Waals surface area contributed by atoms with Crippen LogP contribution in [-0.4, -0.2) is 23.0 Å². The zero-order valence-electron chi connectivity index (χ0n) is 10.3. The van der Waals surface area contributed by atoms with Gasteiger partial charge in [0.05, 0.1) is 5.92 Å². The fraction of sp³-hybridized carbons (Fsp3) is 0.714. The van der Waals surface area contributed by atoms with Gasteiger partial charge < -0.3 is 10.4 Å². The largest absolute Gasteiger partial charge is 0.481 e. The number of hydrogen-bond acceptors (Lipinski definition) is 2. The van der Waals surface area contributed by atoms with Crippen LogP contribution >= 0.6 is 0 Å². The molecule has 0 aromatic rings. The molecule has 2 bridgehead atoms. The van der Waals surface area contributed by atoms with Gasteiger partial charge in [0.2, 0.25) is 5.91 Å². The van der Waals surface area contributed by atoms with E-state index < -0.39 is 5.97 Å². The molecule has 0 radical (unpaired) electrons. The Balaban J connectivity index is 1.61. The zero-order chi connectivity index (χ0) is 12.7. The number of fused-ring (bicyclic) bond motifs is 2. The summed E-state index contributed by atoms with van der Waals surface area (Å²) < 4.78 is 0. The predicted octanol–water partition coefficient (Wildman–Crippen LogP) is 1.57. The molecular weight excluding hydrogens is 230 g/mol. The van der Waals surface area contributed by atoms with Crippen LogP contribution in [0.3, 0.4) is 0 Å². The Morgan fingerprint density at radius 2 is 1.94 bits per heavy atom. The number of rotatable bonds is 3. The van der Waals surface area contributed by atoms with E-state index in [0.29, 0.717) is 18.3 Å². The van der Waals surface area contributed by atoms with Gasteiger partial charge in [-0.1, -0.05) is 18.6 Å². The van der Waals surface area contributed by atoms with Gasteiger partial charge in [-0.3, -0.25) is 9.59 Å². The number of carbonyl (C=O) groups is 2. The molecule has 0 spiro atoms. The second-order valence-electron chi connectivity index (χ2n) is 5.88. The Kier molecular flexibility index (Phi) is 2.88. The van der Waals surface area contributed by atoms with Crippen molar-refractivity contribution >= 4 is 11.9 Å². The summed E-state index contributed by atoms with van der Waals surface area (Å²) in [6.07, 6.45) is 8.81. The summed E-state index contributed by atoms with van der Waals surface area (Å²) in [4.78, 5) is 23.3. The van der Waals surface area contributed by atoms with Crippen molar-refractivity contribution in [2.45, 2.75) is 38.1 Å². The number of nitrogens with one attached hydrogen (secondary N) is 1. The van der Waals surface area contributed by atoms with Gasteiger partial charge in [0.25, 0.3) is 0 Å². The summed E-state index contributed by atoms with van der Waals surface area (Å²) >= 11 is 0. The second kappa shape index (κ2) is 4.41. The molecule has 0 saturated heterocycles. The van der Waals surface area contributed by atoms with Gasteiger partial charge in [-0.25, -0.2) is 0 Å². The molecule has 5 unspecified atom stereocenters. The summed E-state index contributed by atoms with van der Waals surface area (Å²) in [6, 6.07) is -0.155. The van der Waals surface area contributed by atoms with Crippen LogP contribution in [0.4, 0.5) is 0 Å². The second-order valence-corrected chi connectivity index (χ2v) is 5.88. The van der Waals surface area contributed by atoms with Gasteiger partial charge >= 0.3 is 5.97 Å². The molecule has 3 aliphatic rings. The monoisotopic (exact) mass is 249 g/mol. The van der Waals surface area contributed by atoms with Crippen LogP contribution in [0.5, 0.6) is 0 Å². The maximum Gasteiger partial charge on any atom is 0.308 e. The summed E-state index contributed by atoms with van der Waals surface area (Å²) in [5.41, 5.74) is 0. The molecule has 0 aromatic heterocycles. The van der Waals surface area contributed by atoms with E-state index in [1.807, 2.05) is 0 Å². The first-order valence-electron chi connectivity index (χ1n) is 6.86. The number of carbonyl (C=O) groups excluding carboxylic acids is 1. The Morgan fingerprint density at radius 1 is 1.11 bits per heavy atom. The van der Waals surface area contributed by atoms with Crippen LogP contribution in [0.15, 0.2) is 12.2 Å². The Bertz CT molecular complexity index is 404. The highest BCUT2D eigenvalue weighted by Gasteiger charge is 2.42. The van der Waals surface area contributed by atoms with Crippen molar-refractivity contribution in [2.75, 3.05) is 0 Å². The SMILES string of the molecule is O=C(NC1CCCC1C(=O)O)C1CC2C=CC1C2. The standard InChI is InChI=1S/C14H19NO3/c16-13(11-7-8-4-5-9(11)6-8)15-12-3-1-2-10(12)14(17)18/h4-5,8-12H,1-3,6-7H2,(H,15,16)(H,17,18). The Morgan fingerprint density at radius 3 is 2.56 bits per heavy atom. The summed E-state index contributed by atoms with van der Waals surface area (Å²) in [7, 11) is 0. The third kappa shape index (κ3) is 1.93. The molecule has 4 nitrogen and oxygen atoms in total. The van der Waals surface area contributed by atoms with Crippen LogP contribution in [0.1, 0.15) is 32.1 Å². The number of amides is 1. The van der Waals surface area contributed by atoms with Crippen LogP contribution in [0.2, 0.25) is 0 Å². The van der Waals surface area contributed by atoms with Gasteiger partial charge in [-0.2, -0.15) is 0 Å². The molecule has 2 N–H and O–H groups in total. The van der Waals surface area contributed by atoms with Crippen molar-refractivity contribution in [3.05, 3.63) is 12.2 Å². The minimum atomic E-state index is -0.773. The lowest BCUT2D eigenvalue weighted by Gasteiger charge is -2.23. The quantitative estimate of drug-likeness (QED) is 0.746. The van der Waals surface area contributed by atoms with Crippen molar-refractivity contribution in [2.24, 2.45) is 23.7 Å². The molecule has 3 rings (SSSR count).